The molecule has 0 radical (unpaired) electrons. The molecule has 0 atom stereocenters. The van der Waals surface area contributed by atoms with Crippen molar-refractivity contribution in [3.63, 3.8) is 0 Å². The van der Waals surface area contributed by atoms with Crippen molar-refractivity contribution in [1.29, 1.82) is 0 Å². The molecule has 2 aromatic rings. The van der Waals surface area contributed by atoms with E-state index in [1.165, 1.54) is 5.56 Å². The molecule has 0 fully saturated rings. The van der Waals surface area contributed by atoms with Gasteiger partial charge in [-0.2, -0.15) is 0 Å². The van der Waals surface area contributed by atoms with E-state index in [1.807, 2.05) is 30.3 Å². The summed E-state index contributed by atoms with van der Waals surface area (Å²) in [5.74, 6) is -0.288. The lowest BCUT2D eigenvalue weighted by Gasteiger charge is -2.11. The highest BCUT2D eigenvalue weighted by Gasteiger charge is 2.06. The van der Waals surface area contributed by atoms with E-state index in [4.69, 9.17) is 17.0 Å². The number of rotatable bonds is 8. The van der Waals surface area contributed by atoms with Crippen LogP contribution in [0.2, 0.25) is 0 Å². The summed E-state index contributed by atoms with van der Waals surface area (Å²) in [6.07, 6.45) is 2.80. The van der Waals surface area contributed by atoms with Crippen LogP contribution < -0.4 is 10.6 Å². The fourth-order valence-electron chi connectivity index (χ4n) is 2.22. The first kappa shape index (κ1) is 18.9. The molecule has 0 saturated carbocycles. The van der Waals surface area contributed by atoms with Crippen LogP contribution in [0.5, 0.6) is 0 Å². The molecule has 25 heavy (non-hydrogen) atoms. The first-order valence-electron chi connectivity index (χ1n) is 8.55. The molecule has 132 valence electrons. The Labute approximate surface area is 154 Å². The van der Waals surface area contributed by atoms with Crippen molar-refractivity contribution in [1.82, 2.24) is 5.32 Å². The van der Waals surface area contributed by atoms with Gasteiger partial charge in [0.25, 0.3) is 0 Å². The van der Waals surface area contributed by atoms with Crippen LogP contribution in [0.15, 0.2) is 54.6 Å². The number of esters is 1. The zero-order chi connectivity index (χ0) is 17.9. The van der Waals surface area contributed by atoms with Crippen molar-refractivity contribution < 1.29 is 9.53 Å². The third-order valence-corrected chi connectivity index (χ3v) is 3.90. The van der Waals surface area contributed by atoms with E-state index in [-0.39, 0.29) is 5.97 Å². The Kier molecular flexibility index (Phi) is 7.92. The molecule has 0 heterocycles. The summed E-state index contributed by atoms with van der Waals surface area (Å²) in [5, 5.41) is 6.86. The molecule has 2 aromatic carbocycles. The Balaban J connectivity index is 1.74. The second-order valence-corrected chi connectivity index (χ2v) is 6.09. The number of hydrogen-bond donors (Lipinski definition) is 2. The van der Waals surface area contributed by atoms with Crippen LogP contribution >= 0.6 is 12.2 Å². The molecule has 0 aromatic heterocycles. The van der Waals surface area contributed by atoms with E-state index in [2.05, 4.69) is 29.7 Å². The molecule has 0 bridgehead atoms. The van der Waals surface area contributed by atoms with E-state index in [1.54, 1.807) is 12.1 Å². The van der Waals surface area contributed by atoms with Gasteiger partial charge in [0.05, 0.1) is 12.2 Å². The normalized spacial score (nSPS) is 10.1. The number of hydrogen-bond acceptors (Lipinski definition) is 3. The summed E-state index contributed by atoms with van der Waals surface area (Å²) in [5.41, 5.74) is 2.65. The van der Waals surface area contributed by atoms with E-state index < -0.39 is 0 Å². The molecular formula is C20H24N2O2S. The zero-order valence-corrected chi connectivity index (χ0v) is 15.3. The summed E-state index contributed by atoms with van der Waals surface area (Å²) in [6.45, 7) is 3.29. The van der Waals surface area contributed by atoms with Gasteiger partial charge in [-0.25, -0.2) is 4.79 Å². The highest BCUT2D eigenvalue weighted by Crippen LogP contribution is 2.11. The standard InChI is InChI=1S/C20H24N2O2S/c1-2-3-15-24-19(23)17-9-11-18(12-10-17)22-20(25)21-14-13-16-7-5-4-6-8-16/h4-12H,2-3,13-15H2,1H3,(H2,21,22,25). The van der Waals surface area contributed by atoms with Crippen LogP contribution in [-0.2, 0) is 11.2 Å². The van der Waals surface area contributed by atoms with Gasteiger partial charge in [0.2, 0.25) is 0 Å². The van der Waals surface area contributed by atoms with Gasteiger partial charge in [-0.05, 0) is 54.9 Å². The quantitative estimate of drug-likeness (QED) is 0.422. The third-order valence-electron chi connectivity index (χ3n) is 3.65. The van der Waals surface area contributed by atoms with Crippen molar-refractivity contribution in [3.8, 4) is 0 Å². The first-order valence-corrected chi connectivity index (χ1v) is 8.96. The Hall–Kier alpha value is -2.40. The average molecular weight is 356 g/mol. The fraction of sp³-hybridized carbons (Fsp3) is 0.300. The van der Waals surface area contributed by atoms with Crippen molar-refractivity contribution in [2.24, 2.45) is 0 Å². The van der Waals surface area contributed by atoms with Gasteiger partial charge in [-0.3, -0.25) is 0 Å². The minimum Gasteiger partial charge on any atom is -0.462 e. The van der Waals surface area contributed by atoms with Crippen LogP contribution in [0.25, 0.3) is 0 Å². The molecule has 0 saturated heterocycles. The predicted molar refractivity (Wildman–Crippen MR) is 106 cm³/mol. The maximum Gasteiger partial charge on any atom is 0.338 e. The van der Waals surface area contributed by atoms with Crippen LogP contribution in [-0.4, -0.2) is 24.2 Å². The number of thiocarbonyl (C=S) groups is 1. The maximum absolute atomic E-state index is 11.8. The molecule has 5 heteroatoms. The SMILES string of the molecule is CCCCOC(=O)c1ccc(NC(=S)NCCc2ccccc2)cc1. The Bertz CT molecular complexity index is 672. The van der Waals surface area contributed by atoms with Crippen LogP contribution in [0.1, 0.15) is 35.7 Å². The minimum absolute atomic E-state index is 0.288. The number of carbonyl (C=O) groups excluding carboxylic acids is 1. The number of carbonyl (C=O) groups is 1. The van der Waals surface area contributed by atoms with Crippen molar-refractivity contribution >= 4 is 29.0 Å². The van der Waals surface area contributed by atoms with E-state index in [0.29, 0.717) is 17.3 Å². The summed E-state index contributed by atoms with van der Waals surface area (Å²) in [6, 6.07) is 17.4. The molecule has 0 aliphatic carbocycles. The number of nitrogens with one attached hydrogen (secondary N) is 2. The molecule has 2 rings (SSSR count). The lowest BCUT2D eigenvalue weighted by atomic mass is 10.1. The molecular weight excluding hydrogens is 332 g/mol. The lowest BCUT2D eigenvalue weighted by Crippen LogP contribution is -2.30. The van der Waals surface area contributed by atoms with Crippen LogP contribution in [0, 0.1) is 0 Å². The second kappa shape index (κ2) is 10.5. The van der Waals surface area contributed by atoms with E-state index in [9.17, 15) is 4.79 Å². The van der Waals surface area contributed by atoms with Gasteiger partial charge in [0.15, 0.2) is 5.11 Å². The highest BCUT2D eigenvalue weighted by molar-refractivity contribution is 7.80. The lowest BCUT2D eigenvalue weighted by molar-refractivity contribution is 0.0500. The molecule has 0 spiro atoms. The van der Waals surface area contributed by atoms with Crippen molar-refractivity contribution in [3.05, 3.63) is 65.7 Å². The molecule has 2 N–H and O–H groups in total. The first-order chi connectivity index (χ1) is 12.2. The van der Waals surface area contributed by atoms with Gasteiger partial charge in [-0.15, -0.1) is 0 Å². The van der Waals surface area contributed by atoms with Crippen LogP contribution in [0.3, 0.4) is 0 Å². The predicted octanol–water partition coefficient (Wildman–Crippen LogP) is 4.17. The molecule has 4 nitrogen and oxygen atoms in total. The van der Waals surface area contributed by atoms with Gasteiger partial charge in [0.1, 0.15) is 0 Å². The maximum atomic E-state index is 11.8. The number of anilines is 1. The summed E-state index contributed by atoms with van der Waals surface area (Å²) >= 11 is 5.29. The highest BCUT2D eigenvalue weighted by atomic mass is 32.1. The zero-order valence-electron chi connectivity index (χ0n) is 14.5. The smallest absolute Gasteiger partial charge is 0.338 e. The summed E-state index contributed by atoms with van der Waals surface area (Å²) in [4.78, 5) is 11.8. The van der Waals surface area contributed by atoms with E-state index >= 15 is 0 Å². The van der Waals surface area contributed by atoms with Gasteiger partial charge >= 0.3 is 5.97 Å². The number of ether oxygens (including phenoxy) is 1. The Morgan fingerprint density at radius 1 is 1.08 bits per heavy atom. The number of benzene rings is 2. The van der Waals surface area contributed by atoms with Crippen molar-refractivity contribution in [2.75, 3.05) is 18.5 Å². The monoisotopic (exact) mass is 356 g/mol. The topological polar surface area (TPSA) is 50.4 Å². The molecule has 0 aliphatic rings. The van der Waals surface area contributed by atoms with Gasteiger partial charge in [0, 0.05) is 12.2 Å². The molecule has 0 unspecified atom stereocenters. The molecule has 0 amide bonds. The Morgan fingerprint density at radius 2 is 1.80 bits per heavy atom. The third kappa shape index (κ3) is 6.93. The van der Waals surface area contributed by atoms with E-state index in [0.717, 1.165) is 31.5 Å². The van der Waals surface area contributed by atoms with Gasteiger partial charge < -0.3 is 15.4 Å². The van der Waals surface area contributed by atoms with Crippen molar-refractivity contribution in [2.45, 2.75) is 26.2 Å². The number of unbranched alkanes of at least 4 members (excludes halogenated alkanes) is 1. The summed E-state index contributed by atoms with van der Waals surface area (Å²) < 4.78 is 5.19. The fourth-order valence-corrected chi connectivity index (χ4v) is 2.44. The largest absolute Gasteiger partial charge is 0.462 e. The summed E-state index contributed by atoms with van der Waals surface area (Å²) in [7, 11) is 0. The molecule has 0 aliphatic heterocycles. The minimum atomic E-state index is -0.288. The average Bonchev–Trinajstić information content (AvgIpc) is 2.63. The van der Waals surface area contributed by atoms with Gasteiger partial charge in [-0.1, -0.05) is 43.7 Å². The Morgan fingerprint density at radius 3 is 2.48 bits per heavy atom. The second-order valence-electron chi connectivity index (χ2n) is 5.68. The van der Waals surface area contributed by atoms with Crippen LogP contribution in [0.4, 0.5) is 5.69 Å².